The molecule has 0 saturated carbocycles. The molecule has 0 heterocycles. The largest absolute Gasteiger partial charge is 0.457 e. The highest BCUT2D eigenvalue weighted by Gasteiger charge is 1.92. The molecule has 0 bridgehead atoms. The van der Waals surface area contributed by atoms with E-state index < -0.39 is 0 Å². The second kappa shape index (κ2) is 9.77. The van der Waals surface area contributed by atoms with Crippen LogP contribution < -0.4 is 4.74 Å². The van der Waals surface area contributed by atoms with Crippen molar-refractivity contribution in [3.05, 3.63) is 60.7 Å². The zero-order valence-corrected chi connectivity index (χ0v) is 12.3. The van der Waals surface area contributed by atoms with Crippen LogP contribution in [0.5, 0.6) is 11.5 Å². The Morgan fingerprint density at radius 3 is 1.39 bits per heavy atom. The number of hydrogen-bond acceptors (Lipinski definition) is 1. The third kappa shape index (κ3) is 6.49. The van der Waals surface area contributed by atoms with E-state index >= 15 is 0 Å². The van der Waals surface area contributed by atoms with Gasteiger partial charge < -0.3 is 4.74 Å². The van der Waals surface area contributed by atoms with Gasteiger partial charge in [-0.15, -0.1) is 10.6 Å². The topological polar surface area (TPSA) is 9.23 Å². The standard InChI is InChI=1S/C12H10O.2C2H5.Al/c1-3-7-11(8-4-1)13-12-9-5-2-6-10-12;2*1-2;/h1-10H;2*1H2,2H3;. The van der Waals surface area contributed by atoms with Gasteiger partial charge in [-0.25, -0.2) is 0 Å². The molecule has 2 heteroatoms. The average Bonchev–Trinajstić information content (AvgIpc) is 2.43. The molecule has 0 aromatic heterocycles. The van der Waals surface area contributed by atoms with Crippen LogP contribution in [-0.2, 0) is 0 Å². The summed E-state index contributed by atoms with van der Waals surface area (Å²) in [5, 5.41) is 2.85. The summed E-state index contributed by atoms with van der Waals surface area (Å²) in [5.74, 6) is 1.74. The maximum atomic E-state index is 5.58. The molecule has 18 heavy (non-hydrogen) atoms. The smallest absolute Gasteiger partial charge is 0.198 e. The van der Waals surface area contributed by atoms with Crippen LogP contribution in [0.15, 0.2) is 60.7 Å². The maximum Gasteiger partial charge on any atom is 0.198 e. The predicted octanol–water partition coefficient (Wildman–Crippen LogP) is 5.05. The van der Waals surface area contributed by atoms with E-state index in [4.69, 9.17) is 4.74 Å². The van der Waals surface area contributed by atoms with Crippen LogP contribution in [0, 0.1) is 0 Å². The Kier molecular flexibility index (Phi) is 8.05. The van der Waals surface area contributed by atoms with Gasteiger partial charge in [-0.05, 0) is 24.3 Å². The molecule has 0 atom stereocenters. The van der Waals surface area contributed by atoms with E-state index in [1.807, 2.05) is 60.7 Å². The molecule has 0 saturated heterocycles. The minimum absolute atomic E-state index is 0.815. The zero-order valence-electron chi connectivity index (χ0n) is 11.2. The van der Waals surface area contributed by atoms with Crippen LogP contribution in [0.25, 0.3) is 0 Å². The quantitative estimate of drug-likeness (QED) is 0.695. The molecule has 0 amide bonds. The molecule has 0 N–H and O–H groups in total. The molecule has 0 spiro atoms. The van der Waals surface area contributed by atoms with E-state index in [-0.39, 0.29) is 0 Å². The lowest BCUT2D eigenvalue weighted by Gasteiger charge is -2.03. The highest BCUT2D eigenvalue weighted by Crippen LogP contribution is 2.19. The average molecular weight is 255 g/mol. The first kappa shape index (κ1) is 14.8. The minimum atomic E-state index is 0.815. The van der Waals surface area contributed by atoms with Crippen molar-refractivity contribution >= 4 is 15.2 Å². The van der Waals surface area contributed by atoms with Crippen LogP contribution in [0.4, 0.5) is 0 Å². The Labute approximate surface area is 117 Å². The van der Waals surface area contributed by atoms with Gasteiger partial charge in [0.1, 0.15) is 11.5 Å². The van der Waals surface area contributed by atoms with Crippen molar-refractivity contribution in [1.29, 1.82) is 0 Å². The fourth-order valence-corrected chi connectivity index (χ4v) is 1.98. The van der Waals surface area contributed by atoms with Gasteiger partial charge in [-0.3, -0.25) is 0 Å². The maximum absolute atomic E-state index is 5.58. The summed E-state index contributed by atoms with van der Waals surface area (Å²) in [7, 11) is 0. The number of benzene rings is 2. The SMILES string of the molecule is C[CH2][Al][CH2]C.c1ccc(Oc2ccccc2)cc1. The monoisotopic (exact) mass is 255 g/mol. The lowest BCUT2D eigenvalue weighted by molar-refractivity contribution is 0.482. The summed E-state index contributed by atoms with van der Waals surface area (Å²) < 4.78 is 5.58. The third-order valence-corrected chi connectivity index (χ3v) is 3.45. The molecule has 1 nitrogen and oxygen atoms in total. The Morgan fingerprint density at radius 2 is 1.11 bits per heavy atom. The summed E-state index contributed by atoms with van der Waals surface area (Å²) in [6.07, 6.45) is 0. The van der Waals surface area contributed by atoms with Gasteiger partial charge in [0, 0.05) is 0 Å². The third-order valence-electron chi connectivity index (χ3n) is 2.30. The van der Waals surface area contributed by atoms with Crippen molar-refractivity contribution < 1.29 is 4.74 Å². The van der Waals surface area contributed by atoms with Gasteiger partial charge in [0.05, 0.1) is 0 Å². The highest BCUT2D eigenvalue weighted by atomic mass is 27.1. The Bertz CT molecular complexity index is 360. The number of ether oxygens (including phenoxy) is 1. The molecule has 0 aliphatic carbocycles. The number of para-hydroxylation sites is 2. The van der Waals surface area contributed by atoms with Crippen molar-refractivity contribution in [2.75, 3.05) is 0 Å². The lowest BCUT2D eigenvalue weighted by Crippen LogP contribution is -1.81. The molecule has 0 unspecified atom stereocenters. The molecule has 2 aromatic carbocycles. The molecular weight excluding hydrogens is 235 g/mol. The molecule has 0 aliphatic heterocycles. The van der Waals surface area contributed by atoms with Crippen molar-refractivity contribution in [2.24, 2.45) is 0 Å². The first-order valence-electron chi connectivity index (χ1n) is 6.46. The van der Waals surface area contributed by atoms with Crippen LogP contribution in [0.3, 0.4) is 0 Å². The van der Waals surface area contributed by atoms with E-state index in [1.54, 1.807) is 0 Å². The Morgan fingerprint density at radius 1 is 0.722 bits per heavy atom. The van der Waals surface area contributed by atoms with Crippen molar-refractivity contribution in [3.8, 4) is 11.5 Å². The Balaban J connectivity index is 0.000000280. The van der Waals surface area contributed by atoms with Gasteiger partial charge in [0.15, 0.2) is 15.2 Å². The molecule has 0 fully saturated rings. The fraction of sp³-hybridized carbons (Fsp3) is 0.250. The highest BCUT2D eigenvalue weighted by molar-refractivity contribution is 6.34. The molecule has 93 valence electrons. The van der Waals surface area contributed by atoms with Crippen LogP contribution in [-0.4, -0.2) is 15.2 Å². The van der Waals surface area contributed by atoms with Gasteiger partial charge in [0.2, 0.25) is 0 Å². The van der Waals surface area contributed by atoms with E-state index in [0.29, 0.717) is 0 Å². The van der Waals surface area contributed by atoms with Gasteiger partial charge in [0.25, 0.3) is 0 Å². The summed E-state index contributed by atoms with van der Waals surface area (Å²) in [6, 6.07) is 19.5. The van der Waals surface area contributed by atoms with E-state index in [1.165, 1.54) is 10.6 Å². The molecule has 1 radical (unpaired) electrons. The summed E-state index contributed by atoms with van der Waals surface area (Å²) in [5.41, 5.74) is 0. The first-order valence-corrected chi connectivity index (χ1v) is 8.09. The molecular formula is C16H20AlO. The first-order chi connectivity index (χ1) is 8.86. The van der Waals surface area contributed by atoms with Crippen LogP contribution >= 0.6 is 0 Å². The molecule has 2 rings (SSSR count). The van der Waals surface area contributed by atoms with Crippen molar-refractivity contribution in [1.82, 2.24) is 0 Å². The Hall–Kier alpha value is -1.23. The second-order valence-electron chi connectivity index (χ2n) is 3.83. The van der Waals surface area contributed by atoms with Crippen molar-refractivity contribution in [2.45, 2.75) is 24.4 Å². The van der Waals surface area contributed by atoms with Crippen LogP contribution in [0.1, 0.15) is 13.8 Å². The molecule has 2 aromatic rings. The summed E-state index contributed by atoms with van der Waals surface area (Å²) >= 11 is 0.815. The van der Waals surface area contributed by atoms with E-state index in [9.17, 15) is 0 Å². The minimum Gasteiger partial charge on any atom is -0.457 e. The number of rotatable bonds is 4. The van der Waals surface area contributed by atoms with E-state index in [0.717, 1.165) is 26.7 Å². The van der Waals surface area contributed by atoms with Gasteiger partial charge >= 0.3 is 0 Å². The van der Waals surface area contributed by atoms with Gasteiger partial charge in [-0.2, -0.15) is 0 Å². The molecule has 0 aliphatic rings. The summed E-state index contributed by atoms with van der Waals surface area (Å²) in [4.78, 5) is 0. The predicted molar refractivity (Wildman–Crippen MR) is 79.7 cm³/mol. The zero-order chi connectivity index (χ0) is 13.1. The normalized spacial score (nSPS) is 9.00. The second-order valence-corrected chi connectivity index (χ2v) is 6.04. The summed E-state index contributed by atoms with van der Waals surface area (Å²) in [6.45, 7) is 4.50. The van der Waals surface area contributed by atoms with Gasteiger partial charge in [-0.1, -0.05) is 50.2 Å². The van der Waals surface area contributed by atoms with Crippen LogP contribution in [0.2, 0.25) is 10.6 Å². The lowest BCUT2D eigenvalue weighted by atomic mass is 10.3. The number of hydrogen-bond donors (Lipinski definition) is 0. The fourth-order valence-electron chi connectivity index (χ4n) is 1.40. The van der Waals surface area contributed by atoms with E-state index in [2.05, 4.69) is 13.8 Å². The van der Waals surface area contributed by atoms with Crippen molar-refractivity contribution in [3.63, 3.8) is 0 Å².